The lowest BCUT2D eigenvalue weighted by Crippen LogP contribution is -2.23. The van der Waals surface area contributed by atoms with Crippen molar-refractivity contribution in [3.05, 3.63) is 5.01 Å². The summed E-state index contributed by atoms with van der Waals surface area (Å²) in [5, 5.41) is 29.7. The van der Waals surface area contributed by atoms with Crippen LogP contribution < -0.4 is 5.32 Å². The summed E-state index contributed by atoms with van der Waals surface area (Å²) in [6.07, 6.45) is 0. The van der Waals surface area contributed by atoms with E-state index in [1.165, 1.54) is 11.3 Å². The Balaban J connectivity index is 2.56. The molecule has 1 N–H and O–H groups in total. The van der Waals surface area contributed by atoms with Crippen LogP contribution in [-0.4, -0.2) is 34.7 Å². The molecular weight excluding hydrogens is 224 g/mol. The predicted octanol–water partition coefficient (Wildman–Crippen LogP) is 0.819. The molecule has 0 aliphatic heterocycles. The fourth-order valence-electron chi connectivity index (χ4n) is 1.10. The topological polar surface area (TPSA) is 88.6 Å². The van der Waals surface area contributed by atoms with Gasteiger partial charge in [0.1, 0.15) is 5.01 Å². The van der Waals surface area contributed by atoms with Gasteiger partial charge in [0.2, 0.25) is 5.13 Å². The molecule has 0 bridgehead atoms. The standard InChI is InChI=1S/C9H12N6S/c1-2-12-9-14-13-8(16-9)7-15(5-3-10)6-4-11/h2,5-7H2,1H3,(H,12,14). The smallest absolute Gasteiger partial charge is 0.205 e. The summed E-state index contributed by atoms with van der Waals surface area (Å²) in [5.41, 5.74) is 0. The Bertz CT molecular complexity index is 385. The highest BCUT2D eigenvalue weighted by Crippen LogP contribution is 2.16. The second-order valence-corrected chi connectivity index (χ2v) is 4.05. The summed E-state index contributed by atoms with van der Waals surface area (Å²) in [6, 6.07) is 4.04. The molecule has 0 aromatic carbocycles. The number of nitrogens with zero attached hydrogens (tertiary/aromatic N) is 5. The summed E-state index contributed by atoms with van der Waals surface area (Å²) in [7, 11) is 0. The fraction of sp³-hybridized carbons (Fsp3) is 0.556. The van der Waals surface area contributed by atoms with E-state index in [0.717, 1.165) is 16.7 Å². The van der Waals surface area contributed by atoms with Gasteiger partial charge in [0.15, 0.2) is 0 Å². The SMILES string of the molecule is CCNc1nnc(CN(CC#N)CC#N)s1. The van der Waals surface area contributed by atoms with Crippen LogP contribution in [0.5, 0.6) is 0 Å². The fourth-order valence-corrected chi connectivity index (χ4v) is 1.95. The van der Waals surface area contributed by atoms with E-state index in [0.29, 0.717) is 6.54 Å². The minimum atomic E-state index is 0.226. The highest BCUT2D eigenvalue weighted by molar-refractivity contribution is 7.15. The van der Waals surface area contributed by atoms with Gasteiger partial charge in [0.05, 0.1) is 31.8 Å². The molecule has 0 atom stereocenters. The van der Waals surface area contributed by atoms with Crippen molar-refractivity contribution in [3.8, 4) is 12.1 Å². The molecule has 0 saturated heterocycles. The maximum Gasteiger partial charge on any atom is 0.205 e. The molecule has 0 aliphatic carbocycles. The van der Waals surface area contributed by atoms with Gasteiger partial charge in [-0.2, -0.15) is 10.5 Å². The number of rotatable bonds is 6. The van der Waals surface area contributed by atoms with Gasteiger partial charge in [-0.25, -0.2) is 0 Å². The molecule has 0 unspecified atom stereocenters. The third kappa shape index (κ3) is 3.81. The van der Waals surface area contributed by atoms with Gasteiger partial charge in [-0.3, -0.25) is 4.90 Å². The van der Waals surface area contributed by atoms with Gasteiger partial charge in [-0.15, -0.1) is 10.2 Å². The molecular formula is C9H12N6S. The third-order valence-electron chi connectivity index (χ3n) is 1.74. The quantitative estimate of drug-likeness (QED) is 0.735. The second kappa shape index (κ2) is 6.72. The first kappa shape index (κ1) is 12.4. The molecule has 0 radical (unpaired) electrons. The van der Waals surface area contributed by atoms with E-state index in [4.69, 9.17) is 10.5 Å². The van der Waals surface area contributed by atoms with Crippen molar-refractivity contribution in [2.24, 2.45) is 0 Å². The maximum atomic E-state index is 8.58. The van der Waals surface area contributed by atoms with Crippen molar-refractivity contribution in [1.82, 2.24) is 15.1 Å². The Morgan fingerprint density at radius 3 is 2.56 bits per heavy atom. The Kier molecular flexibility index (Phi) is 5.20. The summed E-state index contributed by atoms with van der Waals surface area (Å²) >= 11 is 1.44. The summed E-state index contributed by atoms with van der Waals surface area (Å²) < 4.78 is 0. The van der Waals surface area contributed by atoms with Crippen molar-refractivity contribution in [2.75, 3.05) is 25.0 Å². The summed E-state index contributed by atoms with van der Waals surface area (Å²) in [6.45, 7) is 3.73. The highest BCUT2D eigenvalue weighted by Gasteiger charge is 2.09. The Hall–Kier alpha value is -1.70. The minimum absolute atomic E-state index is 0.226. The van der Waals surface area contributed by atoms with Gasteiger partial charge in [0.25, 0.3) is 0 Å². The van der Waals surface area contributed by atoms with Crippen LogP contribution >= 0.6 is 11.3 Å². The van der Waals surface area contributed by atoms with Crippen LogP contribution in [0.2, 0.25) is 0 Å². The highest BCUT2D eigenvalue weighted by atomic mass is 32.1. The second-order valence-electron chi connectivity index (χ2n) is 2.99. The number of hydrogen-bond donors (Lipinski definition) is 1. The molecule has 1 rings (SSSR count). The minimum Gasteiger partial charge on any atom is -0.360 e. The van der Waals surface area contributed by atoms with E-state index in [1.807, 2.05) is 19.1 Å². The monoisotopic (exact) mass is 236 g/mol. The molecule has 0 fully saturated rings. The number of hydrogen-bond acceptors (Lipinski definition) is 7. The lowest BCUT2D eigenvalue weighted by Gasteiger charge is -2.11. The first-order valence-electron chi connectivity index (χ1n) is 4.82. The molecule has 7 heteroatoms. The van der Waals surface area contributed by atoms with Gasteiger partial charge in [-0.05, 0) is 6.92 Å². The Labute approximate surface area is 98.1 Å². The van der Waals surface area contributed by atoms with E-state index in [9.17, 15) is 0 Å². The van der Waals surface area contributed by atoms with Crippen molar-refractivity contribution in [2.45, 2.75) is 13.5 Å². The maximum absolute atomic E-state index is 8.58. The van der Waals surface area contributed by atoms with Crippen LogP contribution in [0.15, 0.2) is 0 Å². The molecule has 1 aromatic rings. The first-order valence-corrected chi connectivity index (χ1v) is 5.64. The number of anilines is 1. The Morgan fingerprint density at radius 1 is 1.31 bits per heavy atom. The van der Waals surface area contributed by atoms with Crippen molar-refractivity contribution in [3.63, 3.8) is 0 Å². The normalized spacial score (nSPS) is 9.75. The zero-order valence-corrected chi connectivity index (χ0v) is 9.79. The molecule has 0 amide bonds. The van der Waals surface area contributed by atoms with Crippen LogP contribution in [0.25, 0.3) is 0 Å². The van der Waals surface area contributed by atoms with Gasteiger partial charge in [-0.1, -0.05) is 11.3 Å². The van der Waals surface area contributed by atoms with Crippen LogP contribution in [0, 0.1) is 22.7 Å². The molecule has 6 nitrogen and oxygen atoms in total. The largest absolute Gasteiger partial charge is 0.360 e. The van der Waals surface area contributed by atoms with Gasteiger partial charge < -0.3 is 5.32 Å². The summed E-state index contributed by atoms with van der Waals surface area (Å²) in [4.78, 5) is 1.72. The van der Waals surface area contributed by atoms with Crippen LogP contribution in [0.1, 0.15) is 11.9 Å². The van der Waals surface area contributed by atoms with Gasteiger partial charge >= 0.3 is 0 Å². The molecule has 1 aromatic heterocycles. The molecule has 0 spiro atoms. The zero-order valence-electron chi connectivity index (χ0n) is 8.97. The van der Waals surface area contributed by atoms with E-state index in [1.54, 1.807) is 4.90 Å². The number of nitriles is 2. The van der Waals surface area contributed by atoms with Crippen LogP contribution in [0.3, 0.4) is 0 Å². The molecule has 1 heterocycles. The van der Waals surface area contributed by atoms with Crippen LogP contribution in [-0.2, 0) is 6.54 Å². The lowest BCUT2D eigenvalue weighted by molar-refractivity contribution is 0.333. The Morgan fingerprint density at radius 2 is 2.00 bits per heavy atom. The van der Waals surface area contributed by atoms with E-state index in [-0.39, 0.29) is 13.1 Å². The average molecular weight is 236 g/mol. The van der Waals surface area contributed by atoms with E-state index in [2.05, 4.69) is 15.5 Å². The number of nitrogens with one attached hydrogen (secondary N) is 1. The molecule has 16 heavy (non-hydrogen) atoms. The van der Waals surface area contributed by atoms with E-state index < -0.39 is 0 Å². The molecule has 0 aliphatic rings. The lowest BCUT2D eigenvalue weighted by atomic mass is 10.5. The summed E-state index contributed by atoms with van der Waals surface area (Å²) in [5.74, 6) is 0. The first-order chi connectivity index (χ1) is 7.80. The van der Waals surface area contributed by atoms with Crippen molar-refractivity contribution < 1.29 is 0 Å². The molecule has 0 saturated carbocycles. The van der Waals surface area contributed by atoms with E-state index >= 15 is 0 Å². The number of aromatic nitrogens is 2. The third-order valence-corrected chi connectivity index (χ3v) is 2.61. The van der Waals surface area contributed by atoms with Crippen LogP contribution in [0.4, 0.5) is 5.13 Å². The van der Waals surface area contributed by atoms with Crippen molar-refractivity contribution >= 4 is 16.5 Å². The zero-order chi connectivity index (χ0) is 11.8. The predicted molar refractivity (Wildman–Crippen MR) is 60.6 cm³/mol. The average Bonchev–Trinajstić information content (AvgIpc) is 2.67. The van der Waals surface area contributed by atoms with Crippen molar-refractivity contribution in [1.29, 1.82) is 10.5 Å². The van der Waals surface area contributed by atoms with Gasteiger partial charge in [0, 0.05) is 6.54 Å². The molecule has 84 valence electrons.